The molecular formula is C24H19ClFN3O5. The van der Waals surface area contributed by atoms with Gasteiger partial charge in [-0.25, -0.2) is 4.39 Å². The Morgan fingerprint density at radius 2 is 1.91 bits per heavy atom. The Morgan fingerprint density at radius 1 is 1.18 bits per heavy atom. The minimum atomic E-state index is -1.44. The summed E-state index contributed by atoms with van der Waals surface area (Å²) in [5.74, 6) is -2.55. The van der Waals surface area contributed by atoms with Gasteiger partial charge in [-0.2, -0.15) is 0 Å². The number of benzene rings is 3. The number of nitrogens with zero attached hydrogens (tertiary/aromatic N) is 2. The molecule has 0 radical (unpaired) electrons. The summed E-state index contributed by atoms with van der Waals surface area (Å²) in [6.07, 6.45) is 0.526. The van der Waals surface area contributed by atoms with Crippen molar-refractivity contribution in [2.24, 2.45) is 5.73 Å². The van der Waals surface area contributed by atoms with Crippen LogP contribution in [0.4, 0.5) is 10.1 Å². The van der Waals surface area contributed by atoms with E-state index in [1.165, 1.54) is 54.6 Å². The highest BCUT2D eigenvalue weighted by Gasteiger charge is 2.41. The van der Waals surface area contributed by atoms with Crippen LogP contribution < -0.4 is 5.73 Å². The monoisotopic (exact) mass is 483 g/mol. The van der Waals surface area contributed by atoms with E-state index < -0.39 is 34.6 Å². The fraction of sp³-hybridized carbons (Fsp3) is 0.167. The second kappa shape index (κ2) is 9.11. The second-order valence-corrected chi connectivity index (χ2v) is 8.33. The van der Waals surface area contributed by atoms with Crippen LogP contribution in [0, 0.1) is 15.9 Å². The van der Waals surface area contributed by atoms with E-state index in [0.717, 1.165) is 11.0 Å². The van der Waals surface area contributed by atoms with Crippen molar-refractivity contribution in [2.45, 2.75) is 24.9 Å². The van der Waals surface area contributed by atoms with Gasteiger partial charge in [-0.3, -0.25) is 19.7 Å². The summed E-state index contributed by atoms with van der Waals surface area (Å²) in [5.41, 5.74) is 6.21. The predicted octanol–water partition coefficient (Wildman–Crippen LogP) is 4.45. The Labute approximate surface area is 198 Å². The van der Waals surface area contributed by atoms with E-state index in [1.807, 2.05) is 0 Å². The third-order valence-electron chi connectivity index (χ3n) is 5.87. The number of carbonyl (C=O) groups excluding carboxylic acids is 2. The molecule has 0 saturated carbocycles. The first-order valence-corrected chi connectivity index (χ1v) is 10.7. The molecule has 3 aromatic carbocycles. The smallest absolute Gasteiger partial charge is 0.269 e. The third-order valence-corrected chi connectivity index (χ3v) is 6.09. The maximum atomic E-state index is 14.6. The molecule has 174 valence electrons. The summed E-state index contributed by atoms with van der Waals surface area (Å²) >= 11 is 6.09. The Kier molecular flexibility index (Phi) is 6.21. The van der Waals surface area contributed by atoms with E-state index in [0.29, 0.717) is 11.1 Å². The molecule has 34 heavy (non-hydrogen) atoms. The highest BCUT2D eigenvalue weighted by atomic mass is 35.5. The van der Waals surface area contributed by atoms with Gasteiger partial charge < -0.3 is 15.7 Å². The number of nitrogens with two attached hydrogens (primary N) is 1. The van der Waals surface area contributed by atoms with Gasteiger partial charge in [0.25, 0.3) is 11.6 Å². The molecule has 10 heteroatoms. The Bertz CT molecular complexity index is 1320. The minimum absolute atomic E-state index is 0.102. The number of para-hydroxylation sites is 1. The van der Waals surface area contributed by atoms with Gasteiger partial charge in [0.2, 0.25) is 5.91 Å². The Morgan fingerprint density at radius 3 is 2.59 bits per heavy atom. The molecule has 0 fully saturated rings. The van der Waals surface area contributed by atoms with Crippen molar-refractivity contribution in [2.75, 3.05) is 0 Å². The molecular weight excluding hydrogens is 465 g/mol. The molecule has 3 N–H and O–H groups in total. The first kappa shape index (κ1) is 23.2. The molecule has 0 aromatic heterocycles. The van der Waals surface area contributed by atoms with E-state index >= 15 is 0 Å². The number of phenolic OH excluding ortho intramolecular Hbond substituents is 1. The van der Waals surface area contributed by atoms with Crippen molar-refractivity contribution >= 4 is 29.1 Å². The van der Waals surface area contributed by atoms with Crippen LogP contribution in [0.15, 0.2) is 60.7 Å². The zero-order valence-electron chi connectivity index (χ0n) is 17.7. The number of fused-ring (bicyclic) bond motifs is 1. The normalized spacial score (nSPS) is 15.4. The SMILES string of the molecule is NC(=O)C(c1cccc([N+](=O)[O-])c1)N(C(=O)c1ccccc1O)[C@@H]1CCc2c(F)cc(Cl)cc21. The molecule has 0 spiro atoms. The number of carbonyl (C=O) groups is 2. The van der Waals surface area contributed by atoms with Gasteiger partial charge in [0, 0.05) is 17.2 Å². The number of hydrogen-bond donors (Lipinski definition) is 2. The van der Waals surface area contributed by atoms with Gasteiger partial charge in [-0.15, -0.1) is 0 Å². The number of amides is 2. The lowest BCUT2D eigenvalue weighted by molar-refractivity contribution is -0.384. The first-order valence-electron chi connectivity index (χ1n) is 10.3. The number of rotatable bonds is 6. The van der Waals surface area contributed by atoms with E-state index in [-0.39, 0.29) is 40.4 Å². The van der Waals surface area contributed by atoms with Gasteiger partial charge in [-0.05, 0) is 53.8 Å². The topological polar surface area (TPSA) is 127 Å². The number of primary amides is 1. The average Bonchev–Trinajstić information content (AvgIpc) is 3.20. The summed E-state index contributed by atoms with van der Waals surface area (Å²) in [6, 6.07) is 11.4. The van der Waals surface area contributed by atoms with Crippen molar-refractivity contribution in [3.05, 3.63) is 104 Å². The zero-order chi connectivity index (χ0) is 24.6. The minimum Gasteiger partial charge on any atom is -0.507 e. The van der Waals surface area contributed by atoms with E-state index in [1.54, 1.807) is 0 Å². The lowest BCUT2D eigenvalue weighted by Crippen LogP contribution is -2.43. The van der Waals surface area contributed by atoms with Gasteiger partial charge in [0.1, 0.15) is 17.6 Å². The molecule has 1 aliphatic carbocycles. The molecule has 0 bridgehead atoms. The van der Waals surface area contributed by atoms with Crippen LogP contribution in [-0.2, 0) is 11.2 Å². The first-order chi connectivity index (χ1) is 16.2. The van der Waals surface area contributed by atoms with Crippen molar-refractivity contribution in [3.63, 3.8) is 0 Å². The summed E-state index contributed by atoms with van der Waals surface area (Å²) in [5, 5.41) is 21.8. The molecule has 2 amide bonds. The molecule has 8 nitrogen and oxygen atoms in total. The number of hydrogen-bond acceptors (Lipinski definition) is 5. The van der Waals surface area contributed by atoms with Gasteiger partial charge in [-0.1, -0.05) is 35.9 Å². The molecule has 1 unspecified atom stereocenters. The molecule has 0 heterocycles. The van der Waals surface area contributed by atoms with Gasteiger partial charge in [0.15, 0.2) is 0 Å². The maximum absolute atomic E-state index is 14.6. The van der Waals surface area contributed by atoms with Crippen molar-refractivity contribution in [1.82, 2.24) is 4.90 Å². The predicted molar refractivity (Wildman–Crippen MR) is 122 cm³/mol. The van der Waals surface area contributed by atoms with Crippen molar-refractivity contribution in [3.8, 4) is 5.75 Å². The molecule has 0 saturated heterocycles. The number of nitro groups is 1. The number of phenols is 1. The lowest BCUT2D eigenvalue weighted by Gasteiger charge is -2.36. The Hall–Kier alpha value is -3.98. The molecule has 0 aliphatic heterocycles. The molecule has 3 aromatic rings. The lowest BCUT2D eigenvalue weighted by atomic mass is 9.97. The largest absolute Gasteiger partial charge is 0.507 e. The van der Waals surface area contributed by atoms with Crippen molar-refractivity contribution in [1.29, 1.82) is 0 Å². The quantitative estimate of drug-likeness (QED) is 0.395. The van der Waals surface area contributed by atoms with Crippen molar-refractivity contribution < 1.29 is 24.0 Å². The van der Waals surface area contributed by atoms with Crippen LogP contribution in [0.25, 0.3) is 0 Å². The highest BCUT2D eigenvalue weighted by Crippen LogP contribution is 2.43. The maximum Gasteiger partial charge on any atom is 0.269 e. The van der Waals surface area contributed by atoms with Crippen LogP contribution in [0.2, 0.25) is 5.02 Å². The number of nitro benzene ring substituents is 1. The second-order valence-electron chi connectivity index (χ2n) is 7.90. The molecule has 2 atom stereocenters. The highest BCUT2D eigenvalue weighted by molar-refractivity contribution is 6.30. The van der Waals surface area contributed by atoms with Crippen LogP contribution in [0.3, 0.4) is 0 Å². The standard InChI is InChI=1S/C24H19ClFN3O5/c25-14-11-18-16(19(26)12-14)8-9-20(18)28(24(32)17-6-1-2-7-21(17)30)22(23(27)31)13-4-3-5-15(10-13)29(33)34/h1-7,10-12,20,22,30H,8-9H2,(H2,27,31)/t20-,22?/m1/s1. The fourth-order valence-electron chi connectivity index (χ4n) is 4.41. The van der Waals surface area contributed by atoms with Crippen LogP contribution in [0.5, 0.6) is 5.75 Å². The number of non-ortho nitro benzene ring substituents is 1. The van der Waals surface area contributed by atoms with E-state index in [9.17, 15) is 29.2 Å². The Balaban J connectivity index is 1.92. The molecule has 4 rings (SSSR count). The van der Waals surface area contributed by atoms with Crippen LogP contribution >= 0.6 is 11.6 Å². The van der Waals surface area contributed by atoms with Crippen LogP contribution in [0.1, 0.15) is 45.6 Å². The van der Waals surface area contributed by atoms with Gasteiger partial charge >= 0.3 is 0 Å². The fourth-order valence-corrected chi connectivity index (χ4v) is 4.63. The summed E-state index contributed by atoms with van der Waals surface area (Å²) in [4.78, 5) is 38.4. The van der Waals surface area contributed by atoms with Gasteiger partial charge in [0.05, 0.1) is 16.5 Å². The summed E-state index contributed by atoms with van der Waals surface area (Å²) in [6.45, 7) is 0. The average molecular weight is 484 g/mol. The van der Waals surface area contributed by atoms with E-state index in [2.05, 4.69) is 0 Å². The third kappa shape index (κ3) is 4.17. The molecule has 1 aliphatic rings. The number of halogens is 2. The van der Waals surface area contributed by atoms with E-state index in [4.69, 9.17) is 17.3 Å². The zero-order valence-corrected chi connectivity index (χ0v) is 18.4. The summed E-state index contributed by atoms with van der Waals surface area (Å²) < 4.78 is 14.6. The summed E-state index contributed by atoms with van der Waals surface area (Å²) in [7, 11) is 0. The number of aromatic hydroxyl groups is 1. The van der Waals surface area contributed by atoms with Crippen LogP contribution in [-0.4, -0.2) is 26.7 Å².